The minimum Gasteiger partial charge on any atom is -0.480 e. The van der Waals surface area contributed by atoms with Gasteiger partial charge in [-0.3, -0.25) is 14.9 Å². The lowest BCUT2D eigenvalue weighted by Gasteiger charge is -2.45. The highest BCUT2D eigenvalue weighted by atomic mass is 32.2. The number of hydrogen-bond donors (Lipinski definition) is 2. The molecule has 2 fully saturated rings. The molecule has 1 amide bonds. The molecule has 176 valence electrons. The van der Waals surface area contributed by atoms with E-state index in [2.05, 4.69) is 5.32 Å². The Morgan fingerprint density at radius 3 is 2.69 bits per heavy atom. The summed E-state index contributed by atoms with van der Waals surface area (Å²) in [6.45, 7) is 4.20. The number of carboxylic acids is 1. The normalized spacial score (nSPS) is 24.8. The highest BCUT2D eigenvalue weighted by molar-refractivity contribution is 7.99. The Hall–Kier alpha value is -2.06. The molecule has 2 aliphatic heterocycles. The summed E-state index contributed by atoms with van der Waals surface area (Å²) < 4.78 is 5.23. The number of rotatable bonds is 9. The average molecular weight is 463 g/mol. The first-order valence-electron chi connectivity index (χ1n) is 11.5. The van der Waals surface area contributed by atoms with E-state index in [-0.39, 0.29) is 18.5 Å². The Labute approximate surface area is 194 Å². The molecule has 0 aliphatic carbocycles. The molecule has 32 heavy (non-hydrogen) atoms. The van der Waals surface area contributed by atoms with E-state index in [9.17, 15) is 19.5 Å². The van der Waals surface area contributed by atoms with Gasteiger partial charge in [-0.1, -0.05) is 30.3 Å². The maximum absolute atomic E-state index is 13.3. The van der Waals surface area contributed by atoms with E-state index in [4.69, 9.17) is 4.74 Å². The first-order valence-corrected chi connectivity index (χ1v) is 12.6. The third-order valence-corrected chi connectivity index (χ3v) is 7.68. The fourth-order valence-corrected chi connectivity index (χ4v) is 6.05. The summed E-state index contributed by atoms with van der Waals surface area (Å²) in [4.78, 5) is 39.3. The standard InChI is InChI=1S/C24H34N2O5S/c1-3-31-24(30)20(10-9-17-7-5-4-6-8-17)25-16(2)22(27)26-14-18-11-12-32-15-19(18)13-21(26)23(28)29/h4-8,16,18-21,25H,3,9-15H2,1-2H3,(H,28,29)/t16?,18?,19?,20-,21-/m0/s1. The van der Waals surface area contributed by atoms with Crippen LogP contribution >= 0.6 is 11.8 Å². The second-order valence-electron chi connectivity index (χ2n) is 8.68. The zero-order chi connectivity index (χ0) is 23.1. The van der Waals surface area contributed by atoms with E-state index >= 15 is 0 Å². The third-order valence-electron chi connectivity index (χ3n) is 6.49. The SMILES string of the molecule is CCOC(=O)[C@H](CCc1ccccc1)NC(C)C(=O)N1CC2CCSCC2C[C@H]1C(=O)O. The van der Waals surface area contributed by atoms with E-state index in [0.29, 0.717) is 37.6 Å². The number of benzene rings is 1. The van der Waals surface area contributed by atoms with Gasteiger partial charge >= 0.3 is 11.9 Å². The van der Waals surface area contributed by atoms with Gasteiger partial charge in [0.2, 0.25) is 5.91 Å². The van der Waals surface area contributed by atoms with Crippen LogP contribution in [0.2, 0.25) is 0 Å². The number of aliphatic carboxylic acids is 1. The first kappa shape index (κ1) is 24.6. The second kappa shape index (κ2) is 11.7. The molecule has 0 radical (unpaired) electrons. The van der Waals surface area contributed by atoms with Gasteiger partial charge in [0.25, 0.3) is 0 Å². The van der Waals surface area contributed by atoms with Gasteiger partial charge < -0.3 is 14.7 Å². The minimum atomic E-state index is -0.953. The topological polar surface area (TPSA) is 95.9 Å². The van der Waals surface area contributed by atoms with Crippen molar-refractivity contribution in [3.8, 4) is 0 Å². The van der Waals surface area contributed by atoms with E-state index in [1.54, 1.807) is 13.8 Å². The number of thioether (sulfide) groups is 1. The van der Waals surface area contributed by atoms with Crippen molar-refractivity contribution < 1.29 is 24.2 Å². The first-order chi connectivity index (χ1) is 15.4. The fraction of sp³-hybridized carbons (Fsp3) is 0.625. The van der Waals surface area contributed by atoms with Gasteiger partial charge in [-0.05, 0) is 68.4 Å². The van der Waals surface area contributed by atoms with Crippen molar-refractivity contribution in [3.05, 3.63) is 35.9 Å². The van der Waals surface area contributed by atoms with Crippen LogP contribution in [0.3, 0.4) is 0 Å². The molecule has 8 heteroatoms. The molecule has 0 bridgehead atoms. The Balaban J connectivity index is 1.67. The summed E-state index contributed by atoms with van der Waals surface area (Å²) in [5.41, 5.74) is 1.10. The molecular weight excluding hydrogens is 428 g/mol. The predicted octanol–water partition coefficient (Wildman–Crippen LogP) is 2.58. The monoisotopic (exact) mass is 462 g/mol. The molecule has 0 aromatic heterocycles. The van der Waals surface area contributed by atoms with Gasteiger partial charge in [0.15, 0.2) is 0 Å². The van der Waals surface area contributed by atoms with Crippen LogP contribution in [0.4, 0.5) is 0 Å². The number of fused-ring (bicyclic) bond motifs is 1. The van der Waals surface area contributed by atoms with Gasteiger partial charge in [-0.25, -0.2) is 4.79 Å². The van der Waals surface area contributed by atoms with Crippen molar-refractivity contribution in [2.24, 2.45) is 11.8 Å². The van der Waals surface area contributed by atoms with Crippen molar-refractivity contribution in [1.29, 1.82) is 0 Å². The quantitative estimate of drug-likeness (QED) is 0.545. The lowest BCUT2D eigenvalue weighted by atomic mass is 9.81. The Morgan fingerprint density at radius 1 is 1.25 bits per heavy atom. The molecule has 1 aromatic carbocycles. The van der Waals surface area contributed by atoms with Crippen molar-refractivity contribution in [2.75, 3.05) is 24.7 Å². The summed E-state index contributed by atoms with van der Waals surface area (Å²) in [5, 5.41) is 12.9. The molecule has 0 saturated carbocycles. The van der Waals surface area contributed by atoms with Crippen molar-refractivity contribution in [1.82, 2.24) is 10.2 Å². The number of nitrogens with one attached hydrogen (secondary N) is 1. The number of amides is 1. The van der Waals surface area contributed by atoms with Crippen LogP contribution in [-0.2, 0) is 25.5 Å². The Morgan fingerprint density at radius 2 is 2.00 bits per heavy atom. The maximum atomic E-state index is 13.3. The highest BCUT2D eigenvalue weighted by Crippen LogP contribution is 2.37. The van der Waals surface area contributed by atoms with Crippen LogP contribution in [0.15, 0.2) is 30.3 Å². The zero-order valence-electron chi connectivity index (χ0n) is 18.9. The summed E-state index contributed by atoms with van der Waals surface area (Å²) >= 11 is 1.87. The van der Waals surface area contributed by atoms with Crippen molar-refractivity contribution in [2.45, 2.75) is 57.7 Å². The second-order valence-corrected chi connectivity index (χ2v) is 9.83. The number of ether oxygens (including phenoxy) is 1. The third kappa shape index (κ3) is 6.25. The Bertz CT molecular complexity index is 790. The number of likely N-dealkylation sites (tertiary alicyclic amines) is 1. The number of piperidine rings is 1. The van der Waals surface area contributed by atoms with Crippen LogP contribution in [0, 0.1) is 11.8 Å². The number of carboxylic acid groups (broad SMARTS) is 1. The van der Waals surface area contributed by atoms with Crippen molar-refractivity contribution in [3.63, 3.8) is 0 Å². The lowest BCUT2D eigenvalue weighted by molar-refractivity contribution is -0.156. The molecule has 2 heterocycles. The molecule has 0 spiro atoms. The Kier molecular flexibility index (Phi) is 8.99. The molecule has 3 unspecified atom stereocenters. The number of aryl methyl sites for hydroxylation is 1. The fourth-order valence-electron chi connectivity index (χ4n) is 4.70. The van der Waals surface area contributed by atoms with Gasteiger partial charge in [0.05, 0.1) is 12.6 Å². The lowest BCUT2D eigenvalue weighted by Crippen LogP contribution is -2.59. The molecule has 7 nitrogen and oxygen atoms in total. The minimum absolute atomic E-state index is 0.261. The predicted molar refractivity (Wildman–Crippen MR) is 124 cm³/mol. The van der Waals surface area contributed by atoms with E-state index in [0.717, 1.165) is 23.5 Å². The number of nitrogens with zero attached hydrogens (tertiary/aromatic N) is 1. The van der Waals surface area contributed by atoms with E-state index in [1.165, 1.54) is 4.90 Å². The molecule has 1 aromatic rings. The number of esters is 1. The molecule has 3 rings (SSSR count). The molecule has 2 saturated heterocycles. The van der Waals surface area contributed by atoms with Gasteiger partial charge in [0.1, 0.15) is 12.1 Å². The zero-order valence-corrected chi connectivity index (χ0v) is 19.7. The number of hydrogen-bond acceptors (Lipinski definition) is 6. The van der Waals surface area contributed by atoms with Crippen LogP contribution < -0.4 is 5.32 Å². The molecule has 5 atom stereocenters. The van der Waals surface area contributed by atoms with E-state index < -0.39 is 24.1 Å². The molecule has 2 N–H and O–H groups in total. The molecular formula is C24H34N2O5S. The summed E-state index contributed by atoms with van der Waals surface area (Å²) in [5.74, 6) is 1.12. The van der Waals surface area contributed by atoms with Crippen LogP contribution in [-0.4, -0.2) is 70.6 Å². The maximum Gasteiger partial charge on any atom is 0.326 e. The van der Waals surface area contributed by atoms with Gasteiger partial charge in [-0.2, -0.15) is 11.8 Å². The van der Waals surface area contributed by atoms with E-state index in [1.807, 2.05) is 42.1 Å². The number of carbonyl (C=O) groups is 3. The largest absolute Gasteiger partial charge is 0.480 e. The summed E-state index contributed by atoms with van der Waals surface area (Å²) in [6, 6.07) is 7.72. The summed E-state index contributed by atoms with van der Waals surface area (Å²) in [6.07, 6.45) is 2.67. The van der Waals surface area contributed by atoms with Crippen LogP contribution in [0.25, 0.3) is 0 Å². The van der Waals surface area contributed by atoms with Crippen molar-refractivity contribution >= 4 is 29.6 Å². The van der Waals surface area contributed by atoms with Crippen LogP contribution in [0.5, 0.6) is 0 Å². The molecule has 2 aliphatic rings. The smallest absolute Gasteiger partial charge is 0.326 e. The average Bonchev–Trinajstić information content (AvgIpc) is 2.80. The van der Waals surface area contributed by atoms with Gasteiger partial charge in [-0.15, -0.1) is 0 Å². The highest BCUT2D eigenvalue weighted by Gasteiger charge is 2.43. The van der Waals surface area contributed by atoms with Gasteiger partial charge in [0, 0.05) is 6.54 Å². The van der Waals surface area contributed by atoms with Crippen LogP contribution in [0.1, 0.15) is 38.7 Å². The summed E-state index contributed by atoms with van der Waals surface area (Å²) in [7, 11) is 0. The number of carbonyl (C=O) groups excluding carboxylic acids is 2.